The summed E-state index contributed by atoms with van der Waals surface area (Å²) in [6, 6.07) is 6.19. The summed E-state index contributed by atoms with van der Waals surface area (Å²) in [5.74, 6) is 0.812. The molecule has 5 nitrogen and oxygen atoms in total. The number of aliphatic carboxylic acids is 1. The molecule has 90 valence electrons. The third-order valence-electron chi connectivity index (χ3n) is 1.97. The highest BCUT2D eigenvalue weighted by atomic mass is 32.2. The molecular formula is C11H11NO4S. The molecule has 1 atom stereocenters. The van der Waals surface area contributed by atoms with Crippen molar-refractivity contribution in [1.29, 1.82) is 0 Å². The highest BCUT2D eigenvalue weighted by Crippen LogP contribution is 2.08. The Morgan fingerprint density at radius 3 is 2.47 bits per heavy atom. The Labute approximate surface area is 99.5 Å². The highest BCUT2D eigenvalue weighted by molar-refractivity contribution is 7.89. The molecule has 2 N–H and O–H groups in total. The van der Waals surface area contributed by atoms with Crippen LogP contribution in [0.25, 0.3) is 0 Å². The summed E-state index contributed by atoms with van der Waals surface area (Å²) in [6.45, 7) is 0. The number of carboxylic acids is 1. The fourth-order valence-corrected chi connectivity index (χ4v) is 2.36. The third kappa shape index (κ3) is 3.59. The molecule has 0 heterocycles. The lowest BCUT2D eigenvalue weighted by Crippen LogP contribution is -2.40. The minimum Gasteiger partial charge on any atom is -0.480 e. The summed E-state index contributed by atoms with van der Waals surface area (Å²) in [5, 5.41) is 8.79. The van der Waals surface area contributed by atoms with Gasteiger partial charge in [-0.05, 0) is 12.1 Å². The molecule has 0 radical (unpaired) electrons. The van der Waals surface area contributed by atoms with Gasteiger partial charge < -0.3 is 5.11 Å². The molecule has 0 aliphatic heterocycles. The van der Waals surface area contributed by atoms with Crippen LogP contribution in [0, 0.1) is 12.3 Å². The average molecular weight is 253 g/mol. The van der Waals surface area contributed by atoms with Gasteiger partial charge in [-0.3, -0.25) is 4.79 Å². The molecule has 0 saturated carbocycles. The van der Waals surface area contributed by atoms with E-state index in [0.29, 0.717) is 0 Å². The van der Waals surface area contributed by atoms with Gasteiger partial charge in [0.1, 0.15) is 6.04 Å². The molecule has 6 heteroatoms. The van der Waals surface area contributed by atoms with Gasteiger partial charge in [-0.1, -0.05) is 18.2 Å². The van der Waals surface area contributed by atoms with Crippen molar-refractivity contribution in [3.05, 3.63) is 30.3 Å². The first-order chi connectivity index (χ1) is 7.97. The number of terminal acetylenes is 1. The largest absolute Gasteiger partial charge is 0.480 e. The summed E-state index contributed by atoms with van der Waals surface area (Å²) in [4.78, 5) is 10.8. The number of hydrogen-bond donors (Lipinski definition) is 2. The predicted octanol–water partition coefficient (Wildman–Crippen LogP) is 0.441. The van der Waals surface area contributed by atoms with Gasteiger partial charge in [-0.15, -0.1) is 12.3 Å². The first-order valence-corrected chi connectivity index (χ1v) is 6.19. The Bertz CT molecular complexity index is 530. The lowest BCUT2D eigenvalue weighted by Gasteiger charge is -2.12. The first kappa shape index (κ1) is 13.2. The van der Waals surface area contributed by atoms with Gasteiger partial charge in [0, 0.05) is 6.42 Å². The fraction of sp³-hybridized carbons (Fsp3) is 0.182. The van der Waals surface area contributed by atoms with Crippen LogP contribution in [0.3, 0.4) is 0 Å². The zero-order valence-corrected chi connectivity index (χ0v) is 9.65. The highest BCUT2D eigenvalue weighted by Gasteiger charge is 2.24. The van der Waals surface area contributed by atoms with E-state index in [1.807, 2.05) is 4.72 Å². The monoisotopic (exact) mass is 253 g/mol. The molecule has 0 spiro atoms. The van der Waals surface area contributed by atoms with Crippen LogP contribution in [0.15, 0.2) is 35.2 Å². The molecule has 0 aliphatic carbocycles. The number of benzene rings is 1. The number of hydrogen-bond acceptors (Lipinski definition) is 3. The standard InChI is InChI=1S/C11H11NO4S/c1-2-6-10(11(13)14)12-17(15,16)9-7-4-3-5-8-9/h1,3-5,7-8,10,12H,6H2,(H,13,14). The van der Waals surface area contributed by atoms with Gasteiger partial charge in [0.25, 0.3) is 0 Å². The molecule has 0 amide bonds. The number of carbonyl (C=O) groups is 1. The van der Waals surface area contributed by atoms with Gasteiger partial charge in [0.05, 0.1) is 4.90 Å². The fourth-order valence-electron chi connectivity index (χ4n) is 1.15. The normalized spacial score (nSPS) is 12.6. The van der Waals surface area contributed by atoms with Crippen molar-refractivity contribution in [2.75, 3.05) is 0 Å². The molecule has 0 saturated heterocycles. The van der Waals surface area contributed by atoms with Gasteiger partial charge in [-0.2, -0.15) is 4.72 Å². The third-order valence-corrected chi connectivity index (χ3v) is 3.46. The van der Waals surface area contributed by atoms with E-state index >= 15 is 0 Å². The Kier molecular flexibility index (Phi) is 4.26. The van der Waals surface area contributed by atoms with Crippen LogP contribution >= 0.6 is 0 Å². The molecule has 1 rings (SSSR count). The smallest absolute Gasteiger partial charge is 0.322 e. The van der Waals surface area contributed by atoms with E-state index in [2.05, 4.69) is 5.92 Å². The molecule has 17 heavy (non-hydrogen) atoms. The minimum absolute atomic E-state index is 0.00303. The number of sulfonamides is 1. The SMILES string of the molecule is C#CCC(NS(=O)(=O)c1ccccc1)C(=O)O. The van der Waals surface area contributed by atoms with Crippen LogP contribution in [0.1, 0.15) is 6.42 Å². The van der Waals surface area contributed by atoms with Gasteiger partial charge >= 0.3 is 5.97 Å². The maximum Gasteiger partial charge on any atom is 0.322 e. The molecule has 0 aromatic heterocycles. The molecule has 1 aromatic carbocycles. The van der Waals surface area contributed by atoms with Crippen LogP contribution in [0.4, 0.5) is 0 Å². The average Bonchev–Trinajstić information content (AvgIpc) is 2.29. The zero-order valence-electron chi connectivity index (χ0n) is 8.83. The van der Waals surface area contributed by atoms with Crippen molar-refractivity contribution in [3.63, 3.8) is 0 Å². The van der Waals surface area contributed by atoms with Crippen molar-refractivity contribution < 1.29 is 18.3 Å². The van der Waals surface area contributed by atoms with E-state index in [9.17, 15) is 13.2 Å². The number of carboxylic acid groups (broad SMARTS) is 1. The van der Waals surface area contributed by atoms with Crippen molar-refractivity contribution in [2.45, 2.75) is 17.4 Å². The van der Waals surface area contributed by atoms with Crippen molar-refractivity contribution in [1.82, 2.24) is 4.72 Å². The molecule has 1 unspecified atom stereocenters. The Hall–Kier alpha value is -1.84. The quantitative estimate of drug-likeness (QED) is 0.746. The second-order valence-corrected chi connectivity index (χ2v) is 4.95. The van der Waals surface area contributed by atoms with Crippen molar-refractivity contribution >= 4 is 16.0 Å². The van der Waals surface area contributed by atoms with Crippen LogP contribution in [-0.4, -0.2) is 25.5 Å². The summed E-state index contributed by atoms with van der Waals surface area (Å²) < 4.78 is 25.6. The van der Waals surface area contributed by atoms with Crippen molar-refractivity contribution in [3.8, 4) is 12.3 Å². The topological polar surface area (TPSA) is 83.5 Å². The van der Waals surface area contributed by atoms with E-state index in [1.165, 1.54) is 12.1 Å². The van der Waals surface area contributed by atoms with Crippen LogP contribution in [0.5, 0.6) is 0 Å². The van der Waals surface area contributed by atoms with Gasteiger partial charge in [0.15, 0.2) is 0 Å². The van der Waals surface area contributed by atoms with E-state index in [0.717, 1.165) is 0 Å². The number of nitrogens with one attached hydrogen (secondary N) is 1. The van der Waals surface area contributed by atoms with E-state index < -0.39 is 22.0 Å². The predicted molar refractivity (Wildman–Crippen MR) is 61.6 cm³/mol. The van der Waals surface area contributed by atoms with Crippen molar-refractivity contribution in [2.24, 2.45) is 0 Å². The molecule has 1 aromatic rings. The summed E-state index contributed by atoms with van der Waals surface area (Å²) in [7, 11) is -3.85. The van der Waals surface area contributed by atoms with Crippen LogP contribution in [-0.2, 0) is 14.8 Å². The van der Waals surface area contributed by atoms with E-state index in [4.69, 9.17) is 11.5 Å². The minimum atomic E-state index is -3.85. The lowest BCUT2D eigenvalue weighted by atomic mass is 10.2. The van der Waals surface area contributed by atoms with Crippen LogP contribution in [0.2, 0.25) is 0 Å². The first-order valence-electron chi connectivity index (χ1n) is 4.71. The lowest BCUT2D eigenvalue weighted by molar-refractivity contribution is -0.138. The molecule has 0 fully saturated rings. The summed E-state index contributed by atoms with van der Waals surface area (Å²) in [5.41, 5.74) is 0. The molecular weight excluding hydrogens is 242 g/mol. The maximum absolute atomic E-state index is 11.8. The Morgan fingerprint density at radius 2 is 2.00 bits per heavy atom. The second kappa shape index (κ2) is 5.48. The maximum atomic E-state index is 11.8. The Balaban J connectivity index is 2.94. The number of rotatable bonds is 5. The summed E-state index contributed by atoms with van der Waals surface area (Å²) in [6.07, 6.45) is 4.77. The van der Waals surface area contributed by atoms with E-state index in [1.54, 1.807) is 18.2 Å². The molecule has 0 bridgehead atoms. The van der Waals surface area contributed by atoms with Crippen LogP contribution < -0.4 is 4.72 Å². The van der Waals surface area contributed by atoms with E-state index in [-0.39, 0.29) is 11.3 Å². The van der Waals surface area contributed by atoms with Gasteiger partial charge in [-0.25, -0.2) is 8.42 Å². The molecule has 0 aliphatic rings. The Morgan fingerprint density at radius 1 is 1.41 bits per heavy atom. The van der Waals surface area contributed by atoms with Gasteiger partial charge in [0.2, 0.25) is 10.0 Å². The summed E-state index contributed by atoms with van der Waals surface area (Å²) >= 11 is 0. The second-order valence-electron chi connectivity index (χ2n) is 3.23. The zero-order chi connectivity index (χ0) is 12.9.